The number of benzene rings is 2. The van der Waals surface area contributed by atoms with Crippen molar-refractivity contribution in [2.75, 3.05) is 13.2 Å². The standard InChI is InChI=1S/C19H19Cl2NO3/c1-12(23)22-7-6-13-10-25-19-9-16(4-5-17(13)19)24-11-14-2-3-15(20)8-18(14)21/h2-5,8-9,13H,6-7,10-11H2,1H3,(H,22,23). The van der Waals surface area contributed by atoms with Gasteiger partial charge in [-0.2, -0.15) is 0 Å². The number of rotatable bonds is 6. The van der Waals surface area contributed by atoms with Gasteiger partial charge in [-0.15, -0.1) is 0 Å². The summed E-state index contributed by atoms with van der Waals surface area (Å²) in [4.78, 5) is 11.0. The largest absolute Gasteiger partial charge is 0.493 e. The highest BCUT2D eigenvalue weighted by molar-refractivity contribution is 6.35. The molecular weight excluding hydrogens is 361 g/mol. The predicted octanol–water partition coefficient (Wildman–Crippen LogP) is 4.57. The quantitative estimate of drug-likeness (QED) is 0.799. The van der Waals surface area contributed by atoms with Gasteiger partial charge in [0.1, 0.15) is 18.1 Å². The van der Waals surface area contributed by atoms with Crippen LogP contribution in [0.5, 0.6) is 11.5 Å². The second-order valence-corrected chi connectivity index (χ2v) is 6.85. The summed E-state index contributed by atoms with van der Waals surface area (Å²) in [5.41, 5.74) is 2.03. The third kappa shape index (κ3) is 4.59. The Hall–Kier alpha value is -1.91. The molecule has 2 aromatic carbocycles. The molecule has 0 spiro atoms. The Labute approximate surface area is 157 Å². The maximum absolute atomic E-state index is 11.0. The zero-order valence-electron chi connectivity index (χ0n) is 13.9. The van der Waals surface area contributed by atoms with Crippen LogP contribution in [0.4, 0.5) is 0 Å². The zero-order chi connectivity index (χ0) is 17.8. The minimum absolute atomic E-state index is 0.0104. The van der Waals surface area contributed by atoms with Crippen LogP contribution in [0.15, 0.2) is 36.4 Å². The van der Waals surface area contributed by atoms with E-state index in [9.17, 15) is 4.79 Å². The third-order valence-electron chi connectivity index (χ3n) is 4.14. The lowest BCUT2D eigenvalue weighted by molar-refractivity contribution is -0.118. The summed E-state index contributed by atoms with van der Waals surface area (Å²) in [7, 11) is 0. The molecule has 0 bridgehead atoms. The minimum atomic E-state index is -0.0104. The van der Waals surface area contributed by atoms with Gasteiger partial charge in [0.05, 0.1) is 6.61 Å². The van der Waals surface area contributed by atoms with Gasteiger partial charge in [-0.3, -0.25) is 4.79 Å². The fourth-order valence-electron chi connectivity index (χ4n) is 2.81. The Morgan fingerprint density at radius 3 is 2.88 bits per heavy atom. The molecule has 1 heterocycles. The highest BCUT2D eigenvalue weighted by Crippen LogP contribution is 2.38. The maximum atomic E-state index is 11.0. The Morgan fingerprint density at radius 1 is 1.28 bits per heavy atom. The number of carbonyl (C=O) groups is 1. The molecule has 1 N–H and O–H groups in total. The molecule has 1 aliphatic heterocycles. The maximum Gasteiger partial charge on any atom is 0.216 e. The van der Waals surface area contributed by atoms with Gasteiger partial charge in [0, 0.05) is 46.6 Å². The molecule has 2 aromatic rings. The molecule has 0 saturated carbocycles. The number of carbonyl (C=O) groups excluding carboxylic acids is 1. The van der Waals surface area contributed by atoms with Crippen molar-refractivity contribution in [3.05, 3.63) is 57.6 Å². The molecule has 0 aliphatic carbocycles. The van der Waals surface area contributed by atoms with Crippen molar-refractivity contribution in [3.8, 4) is 11.5 Å². The normalized spacial score (nSPS) is 15.4. The minimum Gasteiger partial charge on any atom is -0.493 e. The van der Waals surface area contributed by atoms with Crippen LogP contribution in [-0.4, -0.2) is 19.1 Å². The van der Waals surface area contributed by atoms with Gasteiger partial charge < -0.3 is 14.8 Å². The molecule has 0 radical (unpaired) electrons. The number of fused-ring (bicyclic) bond motifs is 1. The van der Waals surface area contributed by atoms with Crippen molar-refractivity contribution in [3.63, 3.8) is 0 Å². The monoisotopic (exact) mass is 379 g/mol. The van der Waals surface area contributed by atoms with Crippen molar-refractivity contribution in [1.82, 2.24) is 5.32 Å². The first kappa shape index (κ1) is 17.9. The van der Waals surface area contributed by atoms with E-state index in [0.29, 0.717) is 35.7 Å². The number of amides is 1. The number of hydrogen-bond donors (Lipinski definition) is 1. The van der Waals surface area contributed by atoms with E-state index in [1.165, 1.54) is 6.92 Å². The van der Waals surface area contributed by atoms with E-state index in [1.54, 1.807) is 12.1 Å². The number of halogens is 2. The summed E-state index contributed by atoms with van der Waals surface area (Å²) in [5, 5.41) is 4.01. The molecule has 4 nitrogen and oxygen atoms in total. The fourth-order valence-corrected chi connectivity index (χ4v) is 3.27. The first-order valence-electron chi connectivity index (χ1n) is 8.11. The van der Waals surface area contributed by atoms with Crippen molar-refractivity contribution in [1.29, 1.82) is 0 Å². The van der Waals surface area contributed by atoms with E-state index in [-0.39, 0.29) is 5.91 Å². The van der Waals surface area contributed by atoms with Crippen molar-refractivity contribution >= 4 is 29.1 Å². The Kier molecular flexibility index (Phi) is 5.71. The van der Waals surface area contributed by atoms with Gasteiger partial charge in [-0.05, 0) is 24.6 Å². The Bertz CT molecular complexity index is 779. The van der Waals surface area contributed by atoms with Gasteiger partial charge in [-0.25, -0.2) is 0 Å². The van der Waals surface area contributed by atoms with Crippen LogP contribution in [0.25, 0.3) is 0 Å². The van der Waals surface area contributed by atoms with Crippen molar-refractivity contribution in [2.24, 2.45) is 0 Å². The highest BCUT2D eigenvalue weighted by Gasteiger charge is 2.24. The number of hydrogen-bond acceptors (Lipinski definition) is 3. The van der Waals surface area contributed by atoms with Crippen LogP contribution in [0.3, 0.4) is 0 Å². The topological polar surface area (TPSA) is 47.6 Å². The molecular formula is C19H19Cl2NO3. The summed E-state index contributed by atoms with van der Waals surface area (Å²) in [5.74, 6) is 1.85. The Balaban J connectivity index is 1.61. The first-order chi connectivity index (χ1) is 12.0. The highest BCUT2D eigenvalue weighted by atomic mass is 35.5. The zero-order valence-corrected chi connectivity index (χ0v) is 15.4. The van der Waals surface area contributed by atoms with Gasteiger partial charge >= 0.3 is 0 Å². The summed E-state index contributed by atoms with van der Waals surface area (Å²) in [6.07, 6.45) is 0.854. The number of nitrogens with one attached hydrogen (secondary N) is 1. The third-order valence-corrected chi connectivity index (χ3v) is 4.73. The van der Waals surface area contributed by atoms with Crippen molar-refractivity contribution < 1.29 is 14.3 Å². The fraction of sp³-hybridized carbons (Fsp3) is 0.316. The molecule has 6 heteroatoms. The van der Waals surface area contributed by atoms with Gasteiger partial charge in [-0.1, -0.05) is 35.3 Å². The number of ether oxygens (including phenoxy) is 2. The molecule has 25 heavy (non-hydrogen) atoms. The lowest BCUT2D eigenvalue weighted by Crippen LogP contribution is -2.22. The van der Waals surface area contributed by atoms with Crippen LogP contribution in [0, 0.1) is 0 Å². The molecule has 0 fully saturated rings. The predicted molar refractivity (Wildman–Crippen MR) is 98.8 cm³/mol. The van der Waals surface area contributed by atoms with Crippen LogP contribution < -0.4 is 14.8 Å². The van der Waals surface area contributed by atoms with E-state index < -0.39 is 0 Å². The van der Waals surface area contributed by atoms with Crippen LogP contribution >= 0.6 is 23.2 Å². The average Bonchev–Trinajstić information content (AvgIpc) is 2.96. The summed E-state index contributed by atoms with van der Waals surface area (Å²) >= 11 is 12.1. The van der Waals surface area contributed by atoms with E-state index in [1.807, 2.05) is 24.3 Å². The second-order valence-electron chi connectivity index (χ2n) is 6.00. The molecule has 1 aliphatic rings. The lowest BCUT2D eigenvalue weighted by atomic mass is 9.98. The second kappa shape index (κ2) is 7.98. The smallest absolute Gasteiger partial charge is 0.216 e. The van der Waals surface area contributed by atoms with E-state index >= 15 is 0 Å². The molecule has 1 unspecified atom stereocenters. The van der Waals surface area contributed by atoms with Crippen LogP contribution in [0.1, 0.15) is 30.4 Å². The van der Waals surface area contributed by atoms with E-state index in [4.69, 9.17) is 32.7 Å². The molecule has 132 valence electrons. The molecule has 0 aromatic heterocycles. The molecule has 1 amide bonds. The van der Waals surface area contributed by atoms with Gasteiger partial charge in [0.25, 0.3) is 0 Å². The lowest BCUT2D eigenvalue weighted by Gasteiger charge is -2.11. The van der Waals surface area contributed by atoms with Gasteiger partial charge in [0.2, 0.25) is 5.91 Å². The molecule has 3 rings (SSSR count). The first-order valence-corrected chi connectivity index (χ1v) is 8.86. The molecule has 1 atom stereocenters. The van der Waals surface area contributed by atoms with Crippen LogP contribution in [-0.2, 0) is 11.4 Å². The average molecular weight is 380 g/mol. The summed E-state index contributed by atoms with van der Waals surface area (Å²) < 4.78 is 11.6. The van der Waals surface area contributed by atoms with E-state index in [0.717, 1.165) is 29.0 Å². The van der Waals surface area contributed by atoms with Gasteiger partial charge in [0.15, 0.2) is 0 Å². The Morgan fingerprint density at radius 2 is 2.12 bits per heavy atom. The summed E-state index contributed by atoms with van der Waals surface area (Å²) in [6, 6.07) is 11.2. The SMILES string of the molecule is CC(=O)NCCC1COc2cc(OCc3ccc(Cl)cc3Cl)ccc21. The van der Waals surface area contributed by atoms with Crippen LogP contribution in [0.2, 0.25) is 10.0 Å². The molecule has 0 saturated heterocycles. The van der Waals surface area contributed by atoms with Crippen molar-refractivity contribution in [2.45, 2.75) is 25.9 Å². The van der Waals surface area contributed by atoms with E-state index in [2.05, 4.69) is 5.32 Å². The summed E-state index contributed by atoms with van der Waals surface area (Å²) in [6.45, 7) is 3.16.